The number of nitrogens with one attached hydrogen (secondary N) is 1. The van der Waals surface area contributed by atoms with Gasteiger partial charge in [-0.2, -0.15) is 13.2 Å². The van der Waals surface area contributed by atoms with Crippen LogP contribution < -0.4 is 11.1 Å². The second-order valence-electron chi connectivity index (χ2n) is 6.22. The van der Waals surface area contributed by atoms with E-state index in [-0.39, 0.29) is 40.3 Å². The number of anilines is 3. The molecular weight excluding hydrogens is 427 g/mol. The maximum Gasteiger partial charge on any atom is 0.416 e. The van der Waals surface area contributed by atoms with E-state index in [1.165, 1.54) is 29.8 Å². The summed E-state index contributed by atoms with van der Waals surface area (Å²) in [4.78, 5) is 25.0. The van der Waals surface area contributed by atoms with Gasteiger partial charge in [0.1, 0.15) is 22.9 Å². The highest BCUT2D eigenvalue weighted by molar-refractivity contribution is 7.15. The van der Waals surface area contributed by atoms with Gasteiger partial charge in [-0.1, -0.05) is 24.6 Å². The number of hydrogen-bond donors (Lipinski definition) is 2. The number of hydrogen-bond acceptors (Lipinski definition) is 7. The maximum absolute atomic E-state index is 12.8. The van der Waals surface area contributed by atoms with Crippen molar-refractivity contribution in [3.63, 3.8) is 0 Å². The fourth-order valence-electron chi connectivity index (χ4n) is 2.52. The third-order valence-corrected chi connectivity index (χ3v) is 5.54. The average Bonchev–Trinajstić information content (AvgIpc) is 3.12. The Bertz CT molecular complexity index is 1040. The van der Waals surface area contributed by atoms with Crippen LogP contribution in [-0.4, -0.2) is 20.7 Å². The molecule has 6 nitrogen and oxygen atoms in total. The van der Waals surface area contributed by atoms with E-state index in [0.29, 0.717) is 5.13 Å². The van der Waals surface area contributed by atoms with Crippen molar-refractivity contribution >= 4 is 45.4 Å². The quantitative estimate of drug-likeness (QED) is 0.503. The number of carbonyl (C=O) groups excluding carboxylic acids is 1. The van der Waals surface area contributed by atoms with Crippen molar-refractivity contribution in [3.05, 3.63) is 57.9 Å². The molecule has 0 aliphatic heterocycles. The molecule has 2 aromatic heterocycles. The van der Waals surface area contributed by atoms with Crippen LogP contribution in [0.2, 0.25) is 5.02 Å². The molecule has 0 aliphatic carbocycles. The summed E-state index contributed by atoms with van der Waals surface area (Å²) in [5.41, 5.74) is 5.17. The highest BCUT2D eigenvalue weighted by Crippen LogP contribution is 2.34. The molecule has 0 radical (unpaired) electrons. The van der Waals surface area contributed by atoms with Crippen LogP contribution in [0.4, 0.5) is 29.8 Å². The number of nitrogens with zero attached hydrogens (tertiary/aromatic N) is 3. The van der Waals surface area contributed by atoms with E-state index in [4.69, 9.17) is 17.3 Å². The molecule has 0 fully saturated rings. The molecule has 0 aliphatic rings. The lowest BCUT2D eigenvalue weighted by Crippen LogP contribution is -2.09. The Kier molecular flexibility index (Phi) is 6.04. The summed E-state index contributed by atoms with van der Waals surface area (Å²) >= 11 is 7.23. The number of benzene rings is 1. The molecule has 0 spiro atoms. The standard InChI is InChI=1S/C18H15ClF3N5OS/c1-9(5-12(28)15-14(19)16(23)26-8-25-15)13-7-24-17(29-13)27-11-4-2-3-10(6-11)18(20,21)22/h2-4,6-9H,5H2,1H3,(H,24,27)(H2,23,25,26). The maximum atomic E-state index is 12.8. The van der Waals surface area contributed by atoms with E-state index in [1.807, 2.05) is 6.92 Å². The Morgan fingerprint density at radius 3 is 2.79 bits per heavy atom. The number of rotatable bonds is 6. The fourth-order valence-corrected chi connectivity index (χ4v) is 3.61. The van der Waals surface area contributed by atoms with Gasteiger partial charge in [-0.3, -0.25) is 4.79 Å². The molecule has 2 heterocycles. The number of alkyl halides is 3. The van der Waals surface area contributed by atoms with Crippen LogP contribution in [-0.2, 0) is 6.18 Å². The van der Waals surface area contributed by atoms with Crippen molar-refractivity contribution in [2.75, 3.05) is 11.1 Å². The number of nitrogen functional groups attached to an aromatic ring is 1. The molecule has 1 unspecified atom stereocenters. The topological polar surface area (TPSA) is 93.8 Å². The highest BCUT2D eigenvalue weighted by Gasteiger charge is 2.30. The Morgan fingerprint density at radius 2 is 2.07 bits per heavy atom. The van der Waals surface area contributed by atoms with E-state index >= 15 is 0 Å². The van der Waals surface area contributed by atoms with Gasteiger partial charge in [0.15, 0.2) is 10.9 Å². The first-order chi connectivity index (χ1) is 13.6. The van der Waals surface area contributed by atoms with Gasteiger partial charge in [0.25, 0.3) is 0 Å². The lowest BCUT2D eigenvalue weighted by atomic mass is 10.0. The summed E-state index contributed by atoms with van der Waals surface area (Å²) in [6.07, 6.45) is -1.56. The third-order valence-electron chi connectivity index (χ3n) is 4.02. The number of aromatic nitrogens is 3. The van der Waals surface area contributed by atoms with Crippen LogP contribution in [0, 0.1) is 0 Å². The first-order valence-electron chi connectivity index (χ1n) is 8.34. The first kappa shape index (κ1) is 21.0. The van der Waals surface area contributed by atoms with Gasteiger partial charge in [-0.25, -0.2) is 15.0 Å². The molecule has 29 heavy (non-hydrogen) atoms. The molecule has 0 bridgehead atoms. The minimum absolute atomic E-state index is 0.0147. The van der Waals surface area contributed by atoms with Crippen LogP contribution in [0.5, 0.6) is 0 Å². The van der Waals surface area contributed by atoms with Gasteiger partial charge in [0.2, 0.25) is 0 Å². The molecular formula is C18H15ClF3N5OS. The van der Waals surface area contributed by atoms with E-state index in [2.05, 4.69) is 20.3 Å². The fraction of sp³-hybridized carbons (Fsp3) is 0.222. The monoisotopic (exact) mass is 441 g/mol. The minimum Gasteiger partial charge on any atom is -0.382 e. The molecule has 152 valence electrons. The normalized spacial score (nSPS) is 12.6. The van der Waals surface area contributed by atoms with E-state index in [1.54, 1.807) is 6.20 Å². The molecule has 1 aromatic carbocycles. The summed E-state index contributed by atoms with van der Waals surface area (Å²) < 4.78 is 38.5. The lowest BCUT2D eigenvalue weighted by Gasteiger charge is -2.09. The van der Waals surface area contributed by atoms with Crippen LogP contribution in [0.25, 0.3) is 0 Å². The largest absolute Gasteiger partial charge is 0.416 e. The van der Waals surface area contributed by atoms with E-state index in [9.17, 15) is 18.0 Å². The third kappa shape index (κ3) is 5.01. The predicted molar refractivity (Wildman–Crippen MR) is 106 cm³/mol. The molecule has 3 aromatic rings. The first-order valence-corrected chi connectivity index (χ1v) is 9.53. The Balaban J connectivity index is 1.69. The average molecular weight is 442 g/mol. The van der Waals surface area contributed by atoms with Crippen molar-refractivity contribution < 1.29 is 18.0 Å². The molecule has 3 N–H and O–H groups in total. The number of Topliss-reactive ketones (excluding diaryl/α,β-unsaturated/α-hetero) is 1. The molecule has 1 atom stereocenters. The zero-order valence-corrected chi connectivity index (χ0v) is 16.6. The van der Waals surface area contributed by atoms with Gasteiger partial charge in [-0.15, -0.1) is 11.3 Å². The van der Waals surface area contributed by atoms with E-state index in [0.717, 1.165) is 17.0 Å². The van der Waals surface area contributed by atoms with Crippen molar-refractivity contribution in [3.8, 4) is 0 Å². The minimum atomic E-state index is -4.42. The lowest BCUT2D eigenvalue weighted by molar-refractivity contribution is -0.137. The molecule has 0 amide bonds. The second-order valence-corrected chi connectivity index (χ2v) is 7.66. The van der Waals surface area contributed by atoms with Gasteiger partial charge < -0.3 is 11.1 Å². The number of ketones is 1. The van der Waals surface area contributed by atoms with Crippen LogP contribution in [0.1, 0.15) is 40.2 Å². The van der Waals surface area contributed by atoms with Crippen LogP contribution in [0.15, 0.2) is 36.8 Å². The Labute approximate surface area is 173 Å². The SMILES string of the molecule is CC(CC(=O)c1ncnc(N)c1Cl)c1cnc(Nc2cccc(C(F)(F)F)c2)s1. The predicted octanol–water partition coefficient (Wildman–Crippen LogP) is 5.31. The second kappa shape index (κ2) is 8.34. The smallest absolute Gasteiger partial charge is 0.382 e. The highest BCUT2D eigenvalue weighted by atomic mass is 35.5. The zero-order valence-electron chi connectivity index (χ0n) is 15.0. The van der Waals surface area contributed by atoms with Crippen molar-refractivity contribution in [2.24, 2.45) is 0 Å². The van der Waals surface area contributed by atoms with Crippen molar-refractivity contribution in [1.29, 1.82) is 0 Å². The Hall–Kier alpha value is -2.72. The van der Waals surface area contributed by atoms with Crippen molar-refractivity contribution in [1.82, 2.24) is 15.0 Å². The molecule has 0 saturated heterocycles. The summed E-state index contributed by atoms with van der Waals surface area (Å²) in [7, 11) is 0. The van der Waals surface area contributed by atoms with Gasteiger partial charge >= 0.3 is 6.18 Å². The number of halogens is 4. The number of nitrogens with two attached hydrogens (primary N) is 1. The van der Waals surface area contributed by atoms with E-state index < -0.39 is 11.7 Å². The Morgan fingerprint density at radius 1 is 1.31 bits per heavy atom. The van der Waals surface area contributed by atoms with Gasteiger partial charge in [0.05, 0.1) is 5.56 Å². The number of carbonyl (C=O) groups is 1. The van der Waals surface area contributed by atoms with Crippen LogP contribution in [0.3, 0.4) is 0 Å². The molecule has 3 rings (SSSR count). The zero-order chi connectivity index (χ0) is 21.2. The molecule has 0 saturated carbocycles. The van der Waals surface area contributed by atoms with Crippen LogP contribution >= 0.6 is 22.9 Å². The summed E-state index contributed by atoms with van der Waals surface area (Å²) in [5, 5.41) is 3.29. The summed E-state index contributed by atoms with van der Waals surface area (Å²) in [5.74, 6) is -0.468. The summed E-state index contributed by atoms with van der Waals surface area (Å²) in [6.45, 7) is 1.83. The van der Waals surface area contributed by atoms with Gasteiger partial charge in [-0.05, 0) is 24.1 Å². The summed E-state index contributed by atoms with van der Waals surface area (Å²) in [6, 6.07) is 4.84. The molecule has 11 heteroatoms. The van der Waals surface area contributed by atoms with Crippen molar-refractivity contribution in [2.45, 2.75) is 25.4 Å². The van der Waals surface area contributed by atoms with Gasteiger partial charge in [0, 0.05) is 23.2 Å². The number of thiazole rings is 1.